The van der Waals surface area contributed by atoms with Gasteiger partial charge < -0.3 is 5.32 Å². The lowest BCUT2D eigenvalue weighted by Gasteiger charge is -2.22. The van der Waals surface area contributed by atoms with Gasteiger partial charge in [0.2, 0.25) is 5.91 Å². The predicted octanol–water partition coefficient (Wildman–Crippen LogP) is 5.11. The lowest BCUT2D eigenvalue weighted by molar-refractivity contribution is -0.117. The molecule has 2 N–H and O–H groups in total. The number of carbonyl (C=O) groups is 1. The third-order valence-electron chi connectivity index (χ3n) is 3.86. The summed E-state index contributed by atoms with van der Waals surface area (Å²) in [6.45, 7) is 1.86. The first-order valence-electron chi connectivity index (χ1n) is 8.04. The van der Waals surface area contributed by atoms with E-state index in [0.717, 1.165) is 5.56 Å². The molecule has 0 aliphatic heterocycles. The number of nitrogens with one attached hydrogen (secondary N) is 2. The van der Waals surface area contributed by atoms with Crippen LogP contribution >= 0.6 is 22.9 Å². The molecule has 0 fully saturated rings. The number of rotatable bonds is 6. The molecular weight excluding hydrogens is 352 g/mol. The molecule has 0 bridgehead atoms. The Labute approximate surface area is 156 Å². The fourth-order valence-electron chi connectivity index (χ4n) is 2.59. The molecule has 0 unspecified atom stereocenters. The number of carbonyl (C=O) groups excluding carboxylic acids is 1. The van der Waals surface area contributed by atoms with Crippen molar-refractivity contribution in [3.63, 3.8) is 0 Å². The maximum absolute atomic E-state index is 12.5. The summed E-state index contributed by atoms with van der Waals surface area (Å²) in [6, 6.07) is 21.0. The predicted molar refractivity (Wildman–Crippen MR) is 105 cm³/mol. The molecule has 1 heterocycles. The Morgan fingerprint density at radius 2 is 1.84 bits per heavy atom. The van der Waals surface area contributed by atoms with Crippen LogP contribution in [0.4, 0.5) is 5.69 Å². The van der Waals surface area contributed by atoms with Gasteiger partial charge in [0, 0.05) is 15.6 Å². The SMILES string of the molecule is C[C@@H](N[C@@H](c1ccccc1)c1cccs1)C(=O)Nc1cccc(Cl)c1. The molecular formula is C20H19ClN2OS. The number of halogens is 1. The third-order valence-corrected chi connectivity index (χ3v) is 5.03. The number of hydrogen-bond acceptors (Lipinski definition) is 3. The smallest absolute Gasteiger partial charge is 0.241 e. The molecule has 5 heteroatoms. The van der Waals surface area contributed by atoms with Crippen LogP contribution in [-0.4, -0.2) is 11.9 Å². The van der Waals surface area contributed by atoms with E-state index in [0.29, 0.717) is 10.7 Å². The summed E-state index contributed by atoms with van der Waals surface area (Å²) < 4.78 is 0. The second kappa shape index (κ2) is 8.30. The van der Waals surface area contributed by atoms with Crippen molar-refractivity contribution in [3.8, 4) is 0 Å². The second-order valence-electron chi connectivity index (χ2n) is 5.75. The molecule has 2 atom stereocenters. The molecule has 0 spiro atoms. The van der Waals surface area contributed by atoms with Crippen molar-refractivity contribution in [2.24, 2.45) is 0 Å². The Morgan fingerprint density at radius 3 is 2.52 bits per heavy atom. The molecule has 3 nitrogen and oxygen atoms in total. The van der Waals surface area contributed by atoms with Gasteiger partial charge in [-0.15, -0.1) is 11.3 Å². The Bertz CT molecular complexity index is 821. The summed E-state index contributed by atoms with van der Waals surface area (Å²) in [6.07, 6.45) is 0. The molecule has 0 saturated heterocycles. The van der Waals surface area contributed by atoms with E-state index in [1.165, 1.54) is 4.88 Å². The van der Waals surface area contributed by atoms with Crippen molar-refractivity contribution in [2.75, 3.05) is 5.32 Å². The third kappa shape index (κ3) is 4.69. The molecule has 0 radical (unpaired) electrons. The summed E-state index contributed by atoms with van der Waals surface area (Å²) in [7, 11) is 0. The van der Waals surface area contributed by atoms with Crippen LogP contribution in [0.5, 0.6) is 0 Å². The highest BCUT2D eigenvalue weighted by Gasteiger charge is 2.21. The Hall–Kier alpha value is -2.14. The minimum atomic E-state index is -0.369. The molecule has 0 saturated carbocycles. The van der Waals surface area contributed by atoms with Crippen LogP contribution in [0.1, 0.15) is 23.4 Å². The van der Waals surface area contributed by atoms with Gasteiger partial charge in [-0.25, -0.2) is 0 Å². The highest BCUT2D eigenvalue weighted by Crippen LogP contribution is 2.26. The van der Waals surface area contributed by atoms with Crippen LogP contribution in [0.15, 0.2) is 72.1 Å². The van der Waals surface area contributed by atoms with Gasteiger partial charge in [0.15, 0.2) is 0 Å². The lowest BCUT2D eigenvalue weighted by atomic mass is 10.0. The fourth-order valence-corrected chi connectivity index (χ4v) is 3.59. The highest BCUT2D eigenvalue weighted by molar-refractivity contribution is 7.10. The average Bonchev–Trinajstić information content (AvgIpc) is 3.14. The zero-order valence-corrected chi connectivity index (χ0v) is 15.3. The summed E-state index contributed by atoms with van der Waals surface area (Å²) in [5.74, 6) is -0.0975. The van der Waals surface area contributed by atoms with E-state index in [4.69, 9.17) is 11.6 Å². The van der Waals surface area contributed by atoms with Gasteiger partial charge in [-0.05, 0) is 42.1 Å². The van der Waals surface area contributed by atoms with Crippen LogP contribution in [0.25, 0.3) is 0 Å². The topological polar surface area (TPSA) is 41.1 Å². The number of anilines is 1. The first-order chi connectivity index (χ1) is 12.1. The van der Waals surface area contributed by atoms with Gasteiger partial charge in [0.05, 0.1) is 12.1 Å². The average molecular weight is 371 g/mol. The van der Waals surface area contributed by atoms with E-state index in [1.807, 2.05) is 48.7 Å². The van der Waals surface area contributed by atoms with Crippen molar-refractivity contribution in [1.29, 1.82) is 0 Å². The van der Waals surface area contributed by atoms with E-state index in [9.17, 15) is 4.79 Å². The largest absolute Gasteiger partial charge is 0.325 e. The number of amides is 1. The Kier molecular flexibility index (Phi) is 5.87. The van der Waals surface area contributed by atoms with Crippen molar-refractivity contribution in [1.82, 2.24) is 5.32 Å². The highest BCUT2D eigenvalue weighted by atomic mass is 35.5. The van der Waals surface area contributed by atoms with E-state index in [-0.39, 0.29) is 18.0 Å². The van der Waals surface area contributed by atoms with Crippen molar-refractivity contribution in [2.45, 2.75) is 19.0 Å². The number of hydrogen-bond donors (Lipinski definition) is 2. The molecule has 3 aromatic rings. The van der Waals surface area contributed by atoms with Crippen LogP contribution in [0, 0.1) is 0 Å². The van der Waals surface area contributed by atoms with Gasteiger partial charge in [-0.2, -0.15) is 0 Å². The van der Waals surface area contributed by atoms with E-state index < -0.39 is 0 Å². The van der Waals surface area contributed by atoms with Crippen molar-refractivity contribution < 1.29 is 4.79 Å². The van der Waals surface area contributed by atoms with E-state index in [2.05, 4.69) is 28.8 Å². The van der Waals surface area contributed by atoms with E-state index >= 15 is 0 Å². The van der Waals surface area contributed by atoms with Crippen molar-refractivity contribution in [3.05, 3.63) is 87.6 Å². The van der Waals surface area contributed by atoms with Crippen LogP contribution in [0.3, 0.4) is 0 Å². The van der Waals surface area contributed by atoms with Gasteiger partial charge in [0.1, 0.15) is 0 Å². The minimum Gasteiger partial charge on any atom is -0.325 e. The Balaban J connectivity index is 1.74. The van der Waals surface area contributed by atoms with Crippen LogP contribution < -0.4 is 10.6 Å². The first kappa shape index (κ1) is 17.7. The molecule has 0 aliphatic carbocycles. The van der Waals surface area contributed by atoms with Gasteiger partial charge in [-0.3, -0.25) is 10.1 Å². The first-order valence-corrected chi connectivity index (χ1v) is 9.30. The standard InChI is InChI=1S/C20H19ClN2OS/c1-14(20(24)23-17-10-5-9-16(21)13-17)22-19(18-11-6-12-25-18)15-7-3-2-4-8-15/h2-14,19,22H,1H3,(H,23,24)/t14-,19+/m1/s1. The van der Waals surface area contributed by atoms with Gasteiger partial charge >= 0.3 is 0 Å². The summed E-state index contributed by atoms with van der Waals surface area (Å²) in [4.78, 5) is 13.7. The zero-order chi connectivity index (χ0) is 17.6. The number of thiophene rings is 1. The van der Waals surface area contributed by atoms with E-state index in [1.54, 1.807) is 23.5 Å². The molecule has 1 amide bonds. The summed E-state index contributed by atoms with van der Waals surface area (Å²) in [5, 5.41) is 8.98. The lowest BCUT2D eigenvalue weighted by Crippen LogP contribution is -2.40. The second-order valence-corrected chi connectivity index (χ2v) is 7.16. The molecule has 3 rings (SSSR count). The van der Waals surface area contributed by atoms with Gasteiger partial charge in [-0.1, -0.05) is 54.1 Å². The zero-order valence-electron chi connectivity index (χ0n) is 13.8. The van der Waals surface area contributed by atoms with Crippen LogP contribution in [0.2, 0.25) is 5.02 Å². The normalized spacial score (nSPS) is 13.2. The molecule has 1 aromatic heterocycles. The fraction of sp³-hybridized carbons (Fsp3) is 0.150. The van der Waals surface area contributed by atoms with Crippen LogP contribution in [-0.2, 0) is 4.79 Å². The Morgan fingerprint density at radius 1 is 1.04 bits per heavy atom. The quantitative estimate of drug-likeness (QED) is 0.633. The summed E-state index contributed by atoms with van der Waals surface area (Å²) in [5.41, 5.74) is 1.82. The molecule has 128 valence electrons. The summed E-state index contributed by atoms with van der Waals surface area (Å²) >= 11 is 7.65. The number of benzene rings is 2. The molecule has 2 aromatic carbocycles. The maximum atomic E-state index is 12.5. The maximum Gasteiger partial charge on any atom is 0.241 e. The monoisotopic (exact) mass is 370 g/mol. The molecule has 25 heavy (non-hydrogen) atoms. The van der Waals surface area contributed by atoms with Crippen molar-refractivity contribution >= 4 is 34.5 Å². The van der Waals surface area contributed by atoms with Gasteiger partial charge in [0.25, 0.3) is 0 Å². The molecule has 0 aliphatic rings. The minimum absolute atomic E-state index is 0.0266.